The highest BCUT2D eigenvalue weighted by Gasteiger charge is 2.40. The summed E-state index contributed by atoms with van der Waals surface area (Å²) in [6.07, 6.45) is 0. The summed E-state index contributed by atoms with van der Waals surface area (Å²) < 4.78 is 6.25. The Morgan fingerprint density at radius 3 is 1.75 bits per heavy atom. The van der Waals surface area contributed by atoms with Crippen LogP contribution >= 0.6 is 0 Å². The second-order valence-electron chi connectivity index (χ2n) is 15.1. The van der Waals surface area contributed by atoms with Gasteiger partial charge in [-0.2, -0.15) is 0 Å². The molecule has 0 amide bonds. The molecule has 3 heteroatoms. The average Bonchev–Trinajstić information content (AvgIpc) is 3.80. The molecule has 3 nitrogen and oxygen atoms in total. The van der Waals surface area contributed by atoms with Crippen LogP contribution in [0.25, 0.3) is 89.2 Å². The van der Waals surface area contributed by atoms with E-state index >= 15 is 0 Å². The van der Waals surface area contributed by atoms with E-state index in [9.17, 15) is 0 Å². The van der Waals surface area contributed by atoms with E-state index < -0.39 is 0 Å². The maximum absolute atomic E-state index is 6.25. The zero-order chi connectivity index (χ0) is 37.9. The number of nitrogens with zero attached hydrogens (tertiary/aromatic N) is 2. The third-order valence-corrected chi connectivity index (χ3v) is 11.8. The van der Waals surface area contributed by atoms with Gasteiger partial charge in [-0.25, -0.2) is 9.97 Å². The van der Waals surface area contributed by atoms with Crippen LogP contribution < -0.4 is 0 Å². The van der Waals surface area contributed by atoms with Crippen LogP contribution in [-0.2, 0) is 5.41 Å². The third kappa shape index (κ3) is 5.43. The first-order chi connectivity index (χ1) is 28.1. The Kier molecular flexibility index (Phi) is 7.61. The zero-order valence-electron chi connectivity index (χ0n) is 31.4. The molecular formula is C54H36N2O. The molecule has 1 unspecified atom stereocenters. The Bertz CT molecular complexity index is 3140. The second kappa shape index (κ2) is 13.1. The maximum atomic E-state index is 6.25. The summed E-state index contributed by atoms with van der Waals surface area (Å²) >= 11 is 0. The standard InChI is InChI=1S/C54H36N2O/c1-54(41-21-6-3-7-22-41)46-26-10-8-23-43(46)44-30-29-37(33-47(44)54)36-17-12-19-39(31-36)48-34-49(56-53(55-48)35-15-4-2-5-16-35)40-20-13-18-38(32-40)42-25-14-28-51-52(42)45-24-9-11-27-50(45)57-51/h2-34H,1H3. The normalized spacial score (nSPS) is 14.5. The van der Waals surface area contributed by atoms with Gasteiger partial charge in [0.25, 0.3) is 0 Å². The molecule has 0 saturated heterocycles. The van der Waals surface area contributed by atoms with E-state index in [4.69, 9.17) is 14.4 Å². The van der Waals surface area contributed by atoms with Crippen LogP contribution in [0.15, 0.2) is 205 Å². The SMILES string of the molecule is CC1(c2ccccc2)c2ccccc2-c2ccc(-c3cccc(-c4cc(-c5cccc(-c6cccc7oc8ccccc8c67)c5)nc(-c5ccccc5)n4)c3)cc21. The molecule has 0 radical (unpaired) electrons. The molecule has 0 saturated carbocycles. The number of benzene rings is 8. The van der Waals surface area contributed by atoms with Gasteiger partial charge >= 0.3 is 0 Å². The van der Waals surface area contributed by atoms with Crippen LogP contribution in [0.1, 0.15) is 23.6 Å². The fourth-order valence-electron chi connectivity index (χ4n) is 8.93. The van der Waals surface area contributed by atoms with Crippen molar-refractivity contribution in [1.82, 2.24) is 9.97 Å². The predicted octanol–water partition coefficient (Wildman–Crippen LogP) is 14.0. The molecule has 1 atom stereocenters. The van der Waals surface area contributed by atoms with Crippen molar-refractivity contribution in [2.24, 2.45) is 0 Å². The molecule has 0 aliphatic heterocycles. The zero-order valence-corrected chi connectivity index (χ0v) is 31.4. The molecule has 0 N–H and O–H groups in total. The molecule has 57 heavy (non-hydrogen) atoms. The van der Waals surface area contributed by atoms with E-state index in [1.54, 1.807) is 0 Å². The topological polar surface area (TPSA) is 38.9 Å². The van der Waals surface area contributed by atoms with E-state index in [2.05, 4.69) is 171 Å². The van der Waals surface area contributed by atoms with Gasteiger partial charge in [0, 0.05) is 32.9 Å². The number of hydrogen-bond donors (Lipinski definition) is 0. The van der Waals surface area contributed by atoms with E-state index in [0.29, 0.717) is 5.82 Å². The third-order valence-electron chi connectivity index (χ3n) is 11.8. The summed E-state index contributed by atoms with van der Waals surface area (Å²) in [5.74, 6) is 0.691. The molecule has 2 heterocycles. The molecule has 0 fully saturated rings. The minimum absolute atomic E-state index is 0.266. The summed E-state index contributed by atoms with van der Waals surface area (Å²) in [6, 6.07) is 71.1. The van der Waals surface area contributed by atoms with Gasteiger partial charge in [-0.15, -0.1) is 0 Å². The number of rotatable bonds is 6. The highest BCUT2D eigenvalue weighted by Crippen LogP contribution is 2.53. The molecule has 1 aliphatic rings. The van der Waals surface area contributed by atoms with Crippen molar-refractivity contribution in [3.05, 3.63) is 217 Å². The summed E-state index contributed by atoms with van der Waals surface area (Å²) in [7, 11) is 0. The van der Waals surface area contributed by atoms with E-state index in [1.807, 2.05) is 36.4 Å². The van der Waals surface area contributed by atoms with Gasteiger partial charge < -0.3 is 4.42 Å². The lowest BCUT2D eigenvalue weighted by molar-refractivity contribution is 0.669. The van der Waals surface area contributed by atoms with Gasteiger partial charge in [-0.1, -0.05) is 164 Å². The van der Waals surface area contributed by atoms with Crippen molar-refractivity contribution in [2.75, 3.05) is 0 Å². The van der Waals surface area contributed by atoms with Gasteiger partial charge in [0.05, 0.1) is 11.4 Å². The monoisotopic (exact) mass is 728 g/mol. The first-order valence-corrected chi connectivity index (χ1v) is 19.5. The van der Waals surface area contributed by atoms with Crippen LogP contribution in [0.3, 0.4) is 0 Å². The van der Waals surface area contributed by atoms with Gasteiger partial charge in [0.15, 0.2) is 5.82 Å². The molecule has 0 spiro atoms. The van der Waals surface area contributed by atoms with Gasteiger partial charge in [-0.3, -0.25) is 0 Å². The Balaban J connectivity index is 1.03. The second-order valence-corrected chi connectivity index (χ2v) is 15.1. The number of fused-ring (bicyclic) bond motifs is 6. The highest BCUT2D eigenvalue weighted by molar-refractivity contribution is 6.12. The van der Waals surface area contributed by atoms with Gasteiger partial charge in [-0.05, 0) is 93.4 Å². The van der Waals surface area contributed by atoms with Crippen LogP contribution in [0, 0.1) is 0 Å². The van der Waals surface area contributed by atoms with Crippen LogP contribution in [-0.4, -0.2) is 9.97 Å². The largest absolute Gasteiger partial charge is 0.456 e. The molecule has 1 aliphatic carbocycles. The fourth-order valence-corrected chi connectivity index (χ4v) is 8.93. The smallest absolute Gasteiger partial charge is 0.160 e. The first-order valence-electron chi connectivity index (χ1n) is 19.5. The Labute approximate surface area is 331 Å². The van der Waals surface area contributed by atoms with Crippen molar-refractivity contribution in [3.63, 3.8) is 0 Å². The molecule has 2 aromatic heterocycles. The average molecular weight is 729 g/mol. The molecule has 10 aromatic rings. The maximum Gasteiger partial charge on any atom is 0.160 e. The lowest BCUT2D eigenvalue weighted by Crippen LogP contribution is -2.22. The Morgan fingerprint density at radius 2 is 0.947 bits per heavy atom. The quantitative estimate of drug-likeness (QED) is 0.171. The summed E-state index contributed by atoms with van der Waals surface area (Å²) in [5, 5.41) is 2.23. The van der Waals surface area contributed by atoms with Crippen LogP contribution in [0.2, 0.25) is 0 Å². The number of hydrogen-bond acceptors (Lipinski definition) is 3. The van der Waals surface area contributed by atoms with Crippen molar-refractivity contribution >= 4 is 21.9 Å². The summed E-state index contributed by atoms with van der Waals surface area (Å²) in [6.45, 7) is 2.37. The lowest BCUT2D eigenvalue weighted by Gasteiger charge is -2.28. The molecule has 0 bridgehead atoms. The number of para-hydroxylation sites is 1. The van der Waals surface area contributed by atoms with E-state index in [-0.39, 0.29) is 5.41 Å². The van der Waals surface area contributed by atoms with Crippen LogP contribution in [0.5, 0.6) is 0 Å². The molecule has 8 aromatic carbocycles. The Hall–Kier alpha value is -7.36. The van der Waals surface area contributed by atoms with E-state index in [0.717, 1.165) is 66.7 Å². The van der Waals surface area contributed by atoms with Crippen molar-refractivity contribution in [1.29, 1.82) is 0 Å². The minimum Gasteiger partial charge on any atom is -0.456 e. The lowest BCUT2D eigenvalue weighted by atomic mass is 9.74. The minimum atomic E-state index is -0.266. The predicted molar refractivity (Wildman–Crippen MR) is 234 cm³/mol. The molecular weight excluding hydrogens is 693 g/mol. The van der Waals surface area contributed by atoms with Crippen molar-refractivity contribution < 1.29 is 4.42 Å². The van der Waals surface area contributed by atoms with Crippen molar-refractivity contribution in [2.45, 2.75) is 12.3 Å². The summed E-state index contributed by atoms with van der Waals surface area (Å²) in [4.78, 5) is 10.4. The van der Waals surface area contributed by atoms with E-state index in [1.165, 1.54) is 33.4 Å². The number of furan rings is 1. The highest BCUT2D eigenvalue weighted by atomic mass is 16.3. The van der Waals surface area contributed by atoms with Gasteiger partial charge in [0.1, 0.15) is 11.2 Å². The number of aromatic nitrogens is 2. The van der Waals surface area contributed by atoms with Crippen molar-refractivity contribution in [3.8, 4) is 67.3 Å². The van der Waals surface area contributed by atoms with Gasteiger partial charge in [0.2, 0.25) is 0 Å². The Morgan fingerprint density at radius 1 is 0.386 bits per heavy atom. The van der Waals surface area contributed by atoms with Crippen LogP contribution in [0.4, 0.5) is 0 Å². The molecule has 268 valence electrons. The first kappa shape index (κ1) is 33.0. The fraction of sp³-hybridized carbons (Fsp3) is 0.0370. The molecule has 11 rings (SSSR count). The summed E-state index contributed by atoms with van der Waals surface area (Å²) in [5.41, 5.74) is 17.4.